The Morgan fingerprint density at radius 2 is 1.61 bits per heavy atom. The molecule has 2 saturated heterocycles. The number of nitrogens with two attached hydrogens (primary N) is 3. The number of alkyl halides is 2. The van der Waals surface area contributed by atoms with Crippen molar-refractivity contribution in [2.45, 2.75) is 49.8 Å². The van der Waals surface area contributed by atoms with Crippen LogP contribution in [0, 0.1) is 0 Å². The number of piperidine rings is 1. The van der Waals surface area contributed by atoms with E-state index in [-0.39, 0.29) is 46.8 Å². The summed E-state index contributed by atoms with van der Waals surface area (Å²) in [5.41, 5.74) is 19.4. The van der Waals surface area contributed by atoms with Gasteiger partial charge in [-0.2, -0.15) is 15.0 Å². The predicted octanol–water partition coefficient (Wildman–Crippen LogP) is 0.911. The highest BCUT2D eigenvalue weighted by atomic mass is 19.3. The molecule has 244 valence electrons. The van der Waals surface area contributed by atoms with Crippen LogP contribution in [0.15, 0.2) is 42.5 Å². The summed E-state index contributed by atoms with van der Waals surface area (Å²) < 4.78 is 35.3. The monoisotopic (exact) mass is 640 g/mol. The van der Waals surface area contributed by atoms with Crippen LogP contribution >= 0.6 is 0 Å². The number of aliphatic hydroxyl groups excluding tert-OH is 1. The average molecular weight is 641 g/mol. The van der Waals surface area contributed by atoms with Crippen molar-refractivity contribution in [1.82, 2.24) is 15.0 Å². The van der Waals surface area contributed by atoms with E-state index in [1.54, 1.807) is 24.3 Å². The number of ether oxygens (including phenoxy) is 2. The number of hydrogen-bond acceptors (Lipinski definition) is 14. The summed E-state index contributed by atoms with van der Waals surface area (Å²) in [6.45, 7) is 1.64. The molecule has 9 N–H and O–H groups in total. The van der Waals surface area contributed by atoms with Crippen molar-refractivity contribution in [3.8, 4) is 11.5 Å². The molecule has 3 aliphatic heterocycles. The Bertz CT molecular complexity index is 1600. The zero-order valence-corrected chi connectivity index (χ0v) is 24.6. The fourth-order valence-corrected chi connectivity index (χ4v) is 5.73. The van der Waals surface area contributed by atoms with E-state index in [1.807, 2.05) is 9.80 Å². The van der Waals surface area contributed by atoms with E-state index in [4.69, 9.17) is 17.2 Å². The summed E-state index contributed by atoms with van der Waals surface area (Å²) in [6, 6.07) is 9.71. The van der Waals surface area contributed by atoms with E-state index in [2.05, 4.69) is 35.1 Å². The van der Waals surface area contributed by atoms with Gasteiger partial charge in [0.25, 0.3) is 0 Å². The van der Waals surface area contributed by atoms with Crippen LogP contribution in [0.5, 0.6) is 11.5 Å². The van der Waals surface area contributed by atoms with Crippen LogP contribution in [0.4, 0.5) is 38.0 Å². The molecule has 15 nitrogen and oxygen atoms in total. The van der Waals surface area contributed by atoms with E-state index in [0.29, 0.717) is 56.6 Å². The Morgan fingerprint density at radius 3 is 2.33 bits per heavy atom. The number of hydrogen-bond donors (Lipinski definition) is 6. The molecule has 1 amide bonds. The van der Waals surface area contributed by atoms with Gasteiger partial charge in [-0.3, -0.25) is 9.59 Å². The quantitative estimate of drug-likeness (QED) is 0.141. The van der Waals surface area contributed by atoms with Gasteiger partial charge in [-0.1, -0.05) is 0 Å². The highest BCUT2D eigenvalue weighted by Gasteiger charge is 2.43. The number of β-amino-alcohol motifs (C(OH)–C–C–N with tert-alkyl or cyclic N) is 1. The molecular formula is C29H34F2N10O5. The number of aromatic nitrogens is 3. The molecule has 0 radical (unpaired) electrons. The molecule has 2 fully saturated rings. The largest absolute Gasteiger partial charge is 0.586 e. The van der Waals surface area contributed by atoms with Gasteiger partial charge in [0.05, 0.1) is 12.5 Å². The Morgan fingerprint density at radius 1 is 0.935 bits per heavy atom. The molecule has 2 aromatic carbocycles. The molecule has 0 bridgehead atoms. The molecule has 1 aromatic heterocycles. The molecule has 0 spiro atoms. The first-order valence-corrected chi connectivity index (χ1v) is 14.7. The maximum atomic E-state index is 13.3. The predicted molar refractivity (Wildman–Crippen MR) is 163 cm³/mol. The molecule has 3 aliphatic rings. The standard InChI is InChI=1S/C29H34F2N10O5/c30-29(31)45-23-6-5-19(8-24(23)46-29)35-25(44)10-22(43)15-1-3-18(4-2-15)36-26-37-27(40-12-16(33)7-17(34)13-40)39-28(38-26)41-14-21(42)9-20(41)11-32/h1-6,8,16-17,20-21,42H,7,9-14,32-34H2,(H,35,44)(H,36,37,38,39)/t16-,17+,20-,21+/m0/s1. The lowest BCUT2D eigenvalue weighted by Gasteiger charge is -2.35. The van der Waals surface area contributed by atoms with Gasteiger partial charge < -0.3 is 52.2 Å². The second-order valence-corrected chi connectivity index (χ2v) is 11.5. The molecular weight excluding hydrogens is 606 g/mol. The number of benzene rings is 2. The third kappa shape index (κ3) is 7.07. The normalized spacial score (nSPS) is 23.3. The number of aliphatic hydroxyl groups is 1. The van der Waals surface area contributed by atoms with Crippen LogP contribution in [0.25, 0.3) is 0 Å². The summed E-state index contributed by atoms with van der Waals surface area (Å²) in [5, 5.41) is 15.9. The second kappa shape index (κ2) is 12.6. The van der Waals surface area contributed by atoms with Crippen molar-refractivity contribution < 1.29 is 33.0 Å². The number of carbonyl (C=O) groups is 2. The van der Waals surface area contributed by atoms with E-state index in [1.165, 1.54) is 18.2 Å². The number of carbonyl (C=O) groups excluding carboxylic acids is 2. The molecule has 4 heterocycles. The molecule has 0 unspecified atom stereocenters. The summed E-state index contributed by atoms with van der Waals surface area (Å²) in [6.07, 6.45) is -3.67. The number of anilines is 5. The van der Waals surface area contributed by atoms with Crippen molar-refractivity contribution in [1.29, 1.82) is 0 Å². The first kappa shape index (κ1) is 31.3. The first-order chi connectivity index (χ1) is 21.9. The Kier molecular flexibility index (Phi) is 8.56. The van der Waals surface area contributed by atoms with Gasteiger partial charge in [0.1, 0.15) is 0 Å². The lowest BCUT2D eigenvalue weighted by molar-refractivity contribution is -0.286. The third-order valence-electron chi connectivity index (χ3n) is 7.80. The molecule has 46 heavy (non-hydrogen) atoms. The van der Waals surface area contributed by atoms with Crippen LogP contribution in [-0.2, 0) is 4.79 Å². The van der Waals surface area contributed by atoms with Crippen molar-refractivity contribution >= 4 is 40.9 Å². The van der Waals surface area contributed by atoms with Crippen molar-refractivity contribution in [2.75, 3.05) is 46.6 Å². The van der Waals surface area contributed by atoms with Gasteiger partial charge in [0, 0.05) is 67.3 Å². The smallest absolute Gasteiger partial charge is 0.395 e. The number of rotatable bonds is 9. The lowest BCUT2D eigenvalue weighted by atomic mass is 10.0. The number of Topliss-reactive ketones (excluding diaryl/α,β-unsaturated/α-hetero) is 1. The maximum absolute atomic E-state index is 13.3. The second-order valence-electron chi connectivity index (χ2n) is 11.5. The van der Waals surface area contributed by atoms with Gasteiger partial charge in [0.2, 0.25) is 23.8 Å². The number of amides is 1. The van der Waals surface area contributed by atoms with E-state index < -0.39 is 30.5 Å². The average Bonchev–Trinajstić information content (AvgIpc) is 3.53. The molecule has 0 aliphatic carbocycles. The lowest BCUT2D eigenvalue weighted by Crippen LogP contribution is -2.53. The van der Waals surface area contributed by atoms with Crippen LogP contribution in [-0.4, -0.2) is 88.5 Å². The van der Waals surface area contributed by atoms with E-state index >= 15 is 0 Å². The minimum absolute atomic E-state index is 0.150. The molecule has 17 heteroatoms. The van der Waals surface area contributed by atoms with Gasteiger partial charge in [-0.05, 0) is 49.2 Å². The first-order valence-electron chi connectivity index (χ1n) is 14.7. The Hall–Kier alpha value is -4.71. The topological polar surface area (TPSA) is 220 Å². The van der Waals surface area contributed by atoms with Crippen molar-refractivity contribution in [2.24, 2.45) is 17.2 Å². The number of halogens is 2. The number of fused-ring (bicyclic) bond motifs is 1. The van der Waals surface area contributed by atoms with E-state index in [0.717, 1.165) is 0 Å². The van der Waals surface area contributed by atoms with Crippen molar-refractivity contribution in [3.63, 3.8) is 0 Å². The van der Waals surface area contributed by atoms with Gasteiger partial charge in [-0.15, -0.1) is 8.78 Å². The van der Waals surface area contributed by atoms with Gasteiger partial charge in [0.15, 0.2) is 17.3 Å². The number of nitrogens with one attached hydrogen (secondary N) is 2. The fourth-order valence-electron chi connectivity index (χ4n) is 5.73. The van der Waals surface area contributed by atoms with Crippen LogP contribution < -0.4 is 47.1 Å². The third-order valence-corrected chi connectivity index (χ3v) is 7.80. The summed E-state index contributed by atoms with van der Waals surface area (Å²) in [5.74, 6) is -0.528. The minimum atomic E-state index is -3.78. The summed E-state index contributed by atoms with van der Waals surface area (Å²) in [4.78, 5) is 43.0. The van der Waals surface area contributed by atoms with E-state index in [9.17, 15) is 23.5 Å². The highest BCUT2D eigenvalue weighted by Crippen LogP contribution is 2.42. The van der Waals surface area contributed by atoms with Gasteiger partial charge >= 0.3 is 6.29 Å². The zero-order valence-electron chi connectivity index (χ0n) is 24.6. The van der Waals surface area contributed by atoms with Crippen LogP contribution in [0.2, 0.25) is 0 Å². The Balaban J connectivity index is 1.14. The van der Waals surface area contributed by atoms with Crippen molar-refractivity contribution in [3.05, 3.63) is 48.0 Å². The fraction of sp³-hybridized carbons (Fsp3) is 0.414. The molecule has 3 aromatic rings. The number of nitrogens with zero attached hydrogens (tertiary/aromatic N) is 5. The Labute approximate surface area is 262 Å². The summed E-state index contributed by atoms with van der Waals surface area (Å²) in [7, 11) is 0. The highest BCUT2D eigenvalue weighted by molar-refractivity contribution is 6.11. The molecule has 0 saturated carbocycles. The van der Waals surface area contributed by atoms with Crippen LogP contribution in [0.3, 0.4) is 0 Å². The van der Waals surface area contributed by atoms with Gasteiger partial charge in [-0.25, -0.2) is 0 Å². The molecule has 4 atom stereocenters. The molecule has 6 rings (SSSR count). The zero-order chi connectivity index (χ0) is 32.6. The number of ketones is 1. The SMILES string of the molecule is NC[C@@H]1C[C@@H](O)CN1c1nc(Nc2ccc(C(=O)CC(=O)Nc3ccc4c(c3)OC(F)(F)O4)cc2)nc(N2C[C@H](N)C[C@H](N)C2)n1. The minimum Gasteiger partial charge on any atom is -0.395 e. The summed E-state index contributed by atoms with van der Waals surface area (Å²) >= 11 is 0. The maximum Gasteiger partial charge on any atom is 0.586 e. The van der Waals surface area contributed by atoms with Crippen LogP contribution in [0.1, 0.15) is 29.6 Å².